The van der Waals surface area contributed by atoms with Crippen molar-refractivity contribution in [2.45, 2.75) is 59.7 Å². The van der Waals surface area contributed by atoms with Crippen LogP contribution in [0, 0.1) is 5.92 Å². The Bertz CT molecular complexity index is 188. The molecule has 2 nitrogen and oxygen atoms in total. The van der Waals surface area contributed by atoms with E-state index in [0.717, 1.165) is 0 Å². The van der Waals surface area contributed by atoms with Crippen molar-refractivity contribution < 1.29 is 0 Å². The molecule has 82 valence electrons. The summed E-state index contributed by atoms with van der Waals surface area (Å²) in [6.07, 6.45) is 4.56. The lowest BCUT2D eigenvalue weighted by atomic mass is 10.0. The van der Waals surface area contributed by atoms with Crippen LogP contribution < -0.4 is 0 Å². The molecule has 1 aliphatic heterocycles. The van der Waals surface area contributed by atoms with Gasteiger partial charge in [0.2, 0.25) is 0 Å². The molecule has 2 heteroatoms. The maximum absolute atomic E-state index is 2.48. The number of hydrogen-bond donors (Lipinski definition) is 0. The second kappa shape index (κ2) is 4.35. The lowest BCUT2D eigenvalue weighted by Crippen LogP contribution is -2.49. The van der Waals surface area contributed by atoms with Gasteiger partial charge in [-0.1, -0.05) is 13.8 Å². The molecule has 0 aliphatic carbocycles. The number of hydrazine groups is 1. The predicted octanol–water partition coefficient (Wildman–Crippen LogP) is 2.87. The van der Waals surface area contributed by atoms with Crippen LogP contribution in [0.5, 0.6) is 0 Å². The first-order valence-corrected chi connectivity index (χ1v) is 5.70. The van der Waals surface area contributed by atoms with E-state index >= 15 is 0 Å². The minimum Gasteiger partial charge on any atom is -0.310 e. The Balaban J connectivity index is 2.79. The summed E-state index contributed by atoms with van der Waals surface area (Å²) in [5, 5.41) is 4.84. The highest BCUT2D eigenvalue weighted by molar-refractivity contribution is 5.03. The van der Waals surface area contributed by atoms with Gasteiger partial charge in [0.25, 0.3) is 0 Å². The average Bonchev–Trinajstić information content (AvgIpc) is 2.46. The van der Waals surface area contributed by atoms with Crippen molar-refractivity contribution in [1.29, 1.82) is 0 Å². The van der Waals surface area contributed by atoms with Crippen LogP contribution in [0.1, 0.15) is 41.5 Å². The maximum atomic E-state index is 2.48. The molecule has 1 heterocycles. The summed E-state index contributed by atoms with van der Waals surface area (Å²) in [6.45, 7) is 13.6. The molecule has 0 radical (unpaired) electrons. The van der Waals surface area contributed by atoms with Gasteiger partial charge in [0.15, 0.2) is 0 Å². The molecule has 0 N–H and O–H groups in total. The summed E-state index contributed by atoms with van der Waals surface area (Å²) in [6, 6.07) is 1.69. The monoisotopic (exact) mass is 196 g/mol. The van der Waals surface area contributed by atoms with Crippen molar-refractivity contribution in [3.05, 3.63) is 12.3 Å². The van der Waals surface area contributed by atoms with Crippen molar-refractivity contribution in [1.82, 2.24) is 10.0 Å². The highest BCUT2D eigenvalue weighted by Crippen LogP contribution is 2.25. The third kappa shape index (κ3) is 2.11. The zero-order valence-corrected chi connectivity index (χ0v) is 10.4. The van der Waals surface area contributed by atoms with E-state index in [1.165, 1.54) is 0 Å². The van der Waals surface area contributed by atoms with Gasteiger partial charge in [-0.3, -0.25) is 0 Å². The highest BCUT2D eigenvalue weighted by atomic mass is 15.7. The summed E-state index contributed by atoms with van der Waals surface area (Å²) < 4.78 is 0. The summed E-state index contributed by atoms with van der Waals surface area (Å²) in [5.74, 6) is 0.678. The summed E-state index contributed by atoms with van der Waals surface area (Å²) >= 11 is 0. The third-order valence-corrected chi connectivity index (χ3v) is 2.75. The number of nitrogens with zero attached hydrogens (tertiary/aromatic N) is 2. The molecule has 1 unspecified atom stereocenters. The second-order valence-electron chi connectivity index (χ2n) is 5.02. The Hall–Kier alpha value is -0.500. The first-order valence-electron chi connectivity index (χ1n) is 5.70. The molecule has 0 amide bonds. The van der Waals surface area contributed by atoms with Crippen LogP contribution >= 0.6 is 0 Å². The van der Waals surface area contributed by atoms with Crippen LogP contribution in [0.2, 0.25) is 0 Å². The Kier molecular flexibility index (Phi) is 3.59. The molecule has 1 aliphatic rings. The minimum absolute atomic E-state index is 0.553. The quantitative estimate of drug-likeness (QED) is 0.685. The molecule has 0 saturated heterocycles. The van der Waals surface area contributed by atoms with E-state index < -0.39 is 0 Å². The first kappa shape index (κ1) is 11.6. The molecule has 0 spiro atoms. The minimum atomic E-state index is 0.553. The zero-order chi connectivity index (χ0) is 10.9. The fraction of sp³-hybridized carbons (Fsp3) is 0.833. The van der Waals surface area contributed by atoms with E-state index in [-0.39, 0.29) is 0 Å². The number of rotatable bonds is 3. The molecule has 14 heavy (non-hydrogen) atoms. The molecule has 1 rings (SSSR count). The van der Waals surface area contributed by atoms with Crippen molar-refractivity contribution in [2.24, 2.45) is 5.92 Å². The van der Waals surface area contributed by atoms with Crippen molar-refractivity contribution >= 4 is 0 Å². The largest absolute Gasteiger partial charge is 0.310 e. The molecule has 1 atom stereocenters. The summed E-state index contributed by atoms with van der Waals surface area (Å²) in [7, 11) is 0. The molecule has 0 fully saturated rings. The van der Waals surface area contributed by atoms with Gasteiger partial charge in [0.1, 0.15) is 0 Å². The Morgan fingerprint density at radius 1 is 0.929 bits per heavy atom. The highest BCUT2D eigenvalue weighted by Gasteiger charge is 2.31. The normalized spacial score (nSPS) is 23.5. The van der Waals surface area contributed by atoms with Crippen LogP contribution in [0.4, 0.5) is 0 Å². The zero-order valence-electron chi connectivity index (χ0n) is 10.4. The summed E-state index contributed by atoms with van der Waals surface area (Å²) in [4.78, 5) is 0. The fourth-order valence-corrected chi connectivity index (χ4v) is 2.07. The van der Waals surface area contributed by atoms with Gasteiger partial charge in [-0.25, -0.2) is 5.01 Å². The Morgan fingerprint density at radius 3 is 1.86 bits per heavy atom. The van der Waals surface area contributed by atoms with E-state index in [0.29, 0.717) is 24.0 Å². The lowest BCUT2D eigenvalue weighted by Gasteiger charge is -2.40. The van der Waals surface area contributed by atoms with Crippen molar-refractivity contribution in [3.8, 4) is 0 Å². The average molecular weight is 196 g/mol. The second-order valence-corrected chi connectivity index (χ2v) is 5.02. The van der Waals surface area contributed by atoms with Crippen molar-refractivity contribution in [3.63, 3.8) is 0 Å². The van der Waals surface area contributed by atoms with E-state index in [9.17, 15) is 0 Å². The fourth-order valence-electron chi connectivity index (χ4n) is 2.07. The van der Waals surface area contributed by atoms with Gasteiger partial charge < -0.3 is 5.01 Å². The van der Waals surface area contributed by atoms with Gasteiger partial charge >= 0.3 is 0 Å². The molecule has 0 aromatic carbocycles. The van der Waals surface area contributed by atoms with Crippen LogP contribution in [0.25, 0.3) is 0 Å². The molecular weight excluding hydrogens is 172 g/mol. The van der Waals surface area contributed by atoms with Gasteiger partial charge in [0.05, 0.1) is 6.04 Å². The molecule has 0 aromatic rings. The van der Waals surface area contributed by atoms with Crippen molar-refractivity contribution in [2.75, 3.05) is 0 Å². The van der Waals surface area contributed by atoms with Crippen LogP contribution in [0.3, 0.4) is 0 Å². The van der Waals surface area contributed by atoms with E-state index in [1.54, 1.807) is 0 Å². The van der Waals surface area contributed by atoms with Gasteiger partial charge in [0, 0.05) is 18.3 Å². The van der Waals surface area contributed by atoms with E-state index in [4.69, 9.17) is 0 Å². The Morgan fingerprint density at radius 2 is 1.50 bits per heavy atom. The van der Waals surface area contributed by atoms with Gasteiger partial charge in [-0.15, -0.1) is 0 Å². The lowest BCUT2D eigenvalue weighted by molar-refractivity contribution is -0.0476. The SMILES string of the molecule is CC(C)C1C=CN(C(C)C)N1C(C)C. The number of hydrogen-bond acceptors (Lipinski definition) is 2. The van der Waals surface area contributed by atoms with E-state index in [2.05, 4.69) is 63.8 Å². The third-order valence-electron chi connectivity index (χ3n) is 2.75. The topological polar surface area (TPSA) is 6.48 Å². The molecule has 0 bridgehead atoms. The smallest absolute Gasteiger partial charge is 0.0516 e. The van der Waals surface area contributed by atoms with Gasteiger partial charge in [-0.2, -0.15) is 0 Å². The van der Waals surface area contributed by atoms with Crippen LogP contribution in [-0.2, 0) is 0 Å². The Labute approximate surface area is 88.5 Å². The van der Waals surface area contributed by atoms with E-state index in [1.807, 2.05) is 0 Å². The molecular formula is C12H24N2. The van der Waals surface area contributed by atoms with Gasteiger partial charge in [-0.05, 0) is 39.7 Å². The first-order chi connectivity index (χ1) is 6.45. The standard InChI is InChI=1S/C12H24N2/c1-9(2)12-7-8-13(10(3)4)14(12)11(5)6/h7-12H,1-6H3. The summed E-state index contributed by atoms with van der Waals surface area (Å²) in [5.41, 5.74) is 0. The molecule has 0 saturated carbocycles. The predicted molar refractivity (Wildman–Crippen MR) is 61.7 cm³/mol. The molecule has 0 aromatic heterocycles. The van der Waals surface area contributed by atoms with Crippen LogP contribution in [-0.4, -0.2) is 28.1 Å². The van der Waals surface area contributed by atoms with Crippen LogP contribution in [0.15, 0.2) is 12.3 Å². The maximum Gasteiger partial charge on any atom is 0.0516 e.